The molecule has 1 aromatic rings. The molecule has 1 fully saturated rings. The van der Waals surface area contributed by atoms with Crippen LogP contribution in [0.5, 0.6) is 0 Å². The highest BCUT2D eigenvalue weighted by atomic mass is 35.5. The van der Waals surface area contributed by atoms with E-state index in [2.05, 4.69) is 0 Å². The predicted molar refractivity (Wildman–Crippen MR) is 67.0 cm³/mol. The van der Waals surface area contributed by atoms with Crippen molar-refractivity contribution < 1.29 is 9.59 Å². The minimum absolute atomic E-state index is 0.0600. The molecule has 0 bridgehead atoms. The highest BCUT2D eigenvalue weighted by molar-refractivity contribution is 6.35. The number of hydrogen-bond donors (Lipinski definition) is 0. The summed E-state index contributed by atoms with van der Waals surface area (Å²) in [5.41, 5.74) is 1.32. The Morgan fingerprint density at radius 3 is 2.89 bits per heavy atom. The number of anilines is 1. The lowest BCUT2D eigenvalue weighted by atomic mass is 10.1. The molecule has 2 amide bonds. The van der Waals surface area contributed by atoms with Gasteiger partial charge in [0, 0.05) is 12.8 Å². The zero-order valence-electron chi connectivity index (χ0n) is 9.81. The third-order valence-corrected chi connectivity index (χ3v) is 3.24. The highest BCUT2D eigenvalue weighted by Crippen LogP contribution is 2.33. The van der Waals surface area contributed by atoms with Crippen molar-refractivity contribution in [1.29, 1.82) is 5.26 Å². The highest BCUT2D eigenvalue weighted by Gasteiger charge is 2.40. The summed E-state index contributed by atoms with van der Waals surface area (Å²) < 4.78 is 0. The molecule has 4 nitrogen and oxygen atoms in total. The molecule has 2 rings (SSSR count). The topological polar surface area (TPSA) is 61.2 Å². The second kappa shape index (κ2) is 4.79. The standard InChI is InChI=1S/C13H11ClN2O2/c1-8-2-3-10(14)11(6-8)16-12(17)7-9(4-5-15)13(16)18/h2-3,6,9H,4,7H2,1H3. The maximum Gasteiger partial charge on any atom is 0.238 e. The number of imide groups is 1. The summed E-state index contributed by atoms with van der Waals surface area (Å²) in [6.45, 7) is 1.86. The molecule has 1 heterocycles. The SMILES string of the molecule is Cc1ccc(Cl)c(N2C(=O)CC(CC#N)C2=O)c1. The first-order valence-electron chi connectivity index (χ1n) is 5.54. The Labute approximate surface area is 110 Å². The van der Waals surface area contributed by atoms with Crippen molar-refractivity contribution >= 4 is 29.1 Å². The minimum atomic E-state index is -0.543. The van der Waals surface area contributed by atoms with Gasteiger partial charge < -0.3 is 0 Å². The molecule has 0 saturated carbocycles. The molecule has 0 radical (unpaired) electrons. The molecule has 18 heavy (non-hydrogen) atoms. The second-order valence-corrected chi connectivity index (χ2v) is 4.69. The van der Waals surface area contributed by atoms with Gasteiger partial charge in [0.2, 0.25) is 11.8 Å². The molecule has 1 aliphatic heterocycles. The first-order chi connectivity index (χ1) is 8.54. The first kappa shape index (κ1) is 12.6. The Bertz CT molecular complexity index is 563. The van der Waals surface area contributed by atoms with E-state index in [4.69, 9.17) is 16.9 Å². The van der Waals surface area contributed by atoms with Crippen LogP contribution in [0.1, 0.15) is 18.4 Å². The summed E-state index contributed by atoms with van der Waals surface area (Å²) in [6, 6.07) is 7.09. The number of amides is 2. The summed E-state index contributed by atoms with van der Waals surface area (Å²) in [7, 11) is 0. The van der Waals surface area contributed by atoms with E-state index in [0.717, 1.165) is 10.5 Å². The Balaban J connectivity index is 2.39. The van der Waals surface area contributed by atoms with Crippen LogP contribution in [0.2, 0.25) is 5.02 Å². The molecule has 5 heteroatoms. The van der Waals surface area contributed by atoms with E-state index >= 15 is 0 Å². The first-order valence-corrected chi connectivity index (χ1v) is 5.92. The van der Waals surface area contributed by atoms with Gasteiger partial charge in [-0.05, 0) is 24.6 Å². The van der Waals surface area contributed by atoms with Crippen molar-refractivity contribution in [2.75, 3.05) is 4.90 Å². The maximum absolute atomic E-state index is 12.1. The van der Waals surface area contributed by atoms with E-state index in [1.165, 1.54) is 0 Å². The van der Waals surface area contributed by atoms with Crippen molar-refractivity contribution in [2.45, 2.75) is 19.8 Å². The van der Waals surface area contributed by atoms with Crippen molar-refractivity contribution in [3.05, 3.63) is 28.8 Å². The van der Waals surface area contributed by atoms with Gasteiger partial charge in [0.1, 0.15) is 0 Å². The average Bonchev–Trinajstić information content (AvgIpc) is 2.59. The molecule has 0 aromatic heterocycles. The molecule has 1 atom stereocenters. The van der Waals surface area contributed by atoms with Crippen LogP contribution in [-0.2, 0) is 9.59 Å². The van der Waals surface area contributed by atoms with Crippen molar-refractivity contribution in [3.8, 4) is 6.07 Å². The van der Waals surface area contributed by atoms with Gasteiger partial charge in [0.25, 0.3) is 0 Å². The molecule has 1 aliphatic rings. The zero-order chi connectivity index (χ0) is 13.3. The number of nitrogens with zero attached hydrogens (tertiary/aromatic N) is 2. The van der Waals surface area contributed by atoms with E-state index in [1.54, 1.807) is 12.1 Å². The van der Waals surface area contributed by atoms with Crippen molar-refractivity contribution in [1.82, 2.24) is 0 Å². The molecule has 1 aromatic carbocycles. The summed E-state index contributed by atoms with van der Waals surface area (Å²) in [5, 5.41) is 8.99. The van der Waals surface area contributed by atoms with Crippen LogP contribution < -0.4 is 4.90 Å². The van der Waals surface area contributed by atoms with Crippen LogP contribution in [0, 0.1) is 24.2 Å². The molecule has 0 aliphatic carbocycles. The van der Waals surface area contributed by atoms with Gasteiger partial charge in [-0.15, -0.1) is 0 Å². The Hall–Kier alpha value is -1.86. The number of rotatable bonds is 2. The maximum atomic E-state index is 12.1. The van der Waals surface area contributed by atoms with Gasteiger partial charge >= 0.3 is 0 Å². The smallest absolute Gasteiger partial charge is 0.238 e. The monoisotopic (exact) mass is 262 g/mol. The number of benzene rings is 1. The summed E-state index contributed by atoms with van der Waals surface area (Å²) in [4.78, 5) is 25.0. The Morgan fingerprint density at radius 1 is 1.50 bits per heavy atom. The fourth-order valence-electron chi connectivity index (χ4n) is 2.01. The molecule has 0 spiro atoms. The number of hydrogen-bond acceptors (Lipinski definition) is 3. The lowest BCUT2D eigenvalue weighted by Crippen LogP contribution is -2.30. The fourth-order valence-corrected chi connectivity index (χ4v) is 2.21. The van der Waals surface area contributed by atoms with E-state index < -0.39 is 5.92 Å². The fraction of sp³-hybridized carbons (Fsp3) is 0.308. The van der Waals surface area contributed by atoms with E-state index in [-0.39, 0.29) is 24.7 Å². The van der Waals surface area contributed by atoms with E-state index in [9.17, 15) is 9.59 Å². The quantitative estimate of drug-likeness (QED) is 0.769. The Kier molecular flexibility index (Phi) is 3.35. The summed E-state index contributed by atoms with van der Waals surface area (Å²) in [5.74, 6) is -1.18. The van der Waals surface area contributed by atoms with Crippen LogP contribution in [-0.4, -0.2) is 11.8 Å². The van der Waals surface area contributed by atoms with E-state index in [1.807, 2.05) is 19.1 Å². The molecule has 1 unspecified atom stereocenters. The lowest BCUT2D eigenvalue weighted by Gasteiger charge is -2.16. The van der Waals surface area contributed by atoms with Gasteiger partial charge in [-0.3, -0.25) is 9.59 Å². The molecular weight excluding hydrogens is 252 g/mol. The molecule has 1 saturated heterocycles. The molecule has 92 valence electrons. The third-order valence-electron chi connectivity index (χ3n) is 2.92. The van der Waals surface area contributed by atoms with Crippen LogP contribution in [0.15, 0.2) is 18.2 Å². The van der Waals surface area contributed by atoms with E-state index in [0.29, 0.717) is 10.7 Å². The second-order valence-electron chi connectivity index (χ2n) is 4.29. The number of halogens is 1. The number of carbonyl (C=O) groups is 2. The lowest BCUT2D eigenvalue weighted by molar-refractivity contribution is -0.122. The molecule has 0 N–H and O–H groups in total. The predicted octanol–water partition coefficient (Wildman–Crippen LogP) is 2.44. The van der Waals surface area contributed by atoms with Crippen LogP contribution >= 0.6 is 11.6 Å². The Morgan fingerprint density at radius 2 is 2.22 bits per heavy atom. The van der Waals surface area contributed by atoms with Gasteiger partial charge in [0.05, 0.1) is 22.7 Å². The molecular formula is C13H11ClN2O2. The van der Waals surface area contributed by atoms with Crippen LogP contribution in [0.4, 0.5) is 5.69 Å². The van der Waals surface area contributed by atoms with Gasteiger partial charge in [-0.2, -0.15) is 5.26 Å². The number of nitriles is 1. The zero-order valence-corrected chi connectivity index (χ0v) is 10.6. The average molecular weight is 263 g/mol. The normalized spacial score (nSPS) is 19.2. The number of aryl methyl sites for hydroxylation is 1. The van der Waals surface area contributed by atoms with Gasteiger partial charge in [-0.25, -0.2) is 4.90 Å². The van der Waals surface area contributed by atoms with Crippen LogP contribution in [0.25, 0.3) is 0 Å². The van der Waals surface area contributed by atoms with Gasteiger partial charge in [-0.1, -0.05) is 17.7 Å². The number of carbonyl (C=O) groups excluding carboxylic acids is 2. The largest absolute Gasteiger partial charge is 0.274 e. The van der Waals surface area contributed by atoms with Crippen molar-refractivity contribution in [3.63, 3.8) is 0 Å². The van der Waals surface area contributed by atoms with Gasteiger partial charge in [0.15, 0.2) is 0 Å². The minimum Gasteiger partial charge on any atom is -0.274 e. The third kappa shape index (κ3) is 2.09. The summed E-state index contributed by atoms with van der Waals surface area (Å²) >= 11 is 6.02. The summed E-state index contributed by atoms with van der Waals surface area (Å²) in [6.07, 6.45) is 0.140. The van der Waals surface area contributed by atoms with Crippen LogP contribution in [0.3, 0.4) is 0 Å². The van der Waals surface area contributed by atoms with Crippen molar-refractivity contribution in [2.24, 2.45) is 5.92 Å².